The van der Waals surface area contributed by atoms with Crippen LogP contribution in [-0.4, -0.2) is 26.2 Å². The van der Waals surface area contributed by atoms with Gasteiger partial charge in [0.25, 0.3) is 0 Å². The number of aromatic amines is 1. The quantitative estimate of drug-likeness (QED) is 0.492. The molecule has 1 aromatic carbocycles. The summed E-state index contributed by atoms with van der Waals surface area (Å²) in [6.45, 7) is 0. The van der Waals surface area contributed by atoms with Gasteiger partial charge in [0.1, 0.15) is 12.0 Å². The van der Waals surface area contributed by atoms with Gasteiger partial charge < -0.3 is 15.4 Å². The highest BCUT2D eigenvalue weighted by Gasteiger charge is 2.31. The van der Waals surface area contributed by atoms with Crippen LogP contribution in [0.3, 0.4) is 0 Å². The molecule has 22 heavy (non-hydrogen) atoms. The number of fused-ring (bicyclic) bond motifs is 2. The molecule has 0 radical (unpaired) electrons. The van der Waals surface area contributed by atoms with Crippen LogP contribution in [0.2, 0.25) is 0 Å². The highest BCUT2D eigenvalue weighted by atomic mass is 16.3. The van der Waals surface area contributed by atoms with Gasteiger partial charge in [0.05, 0.1) is 17.8 Å². The Bertz CT molecular complexity index is 895. The largest absolute Gasteiger partial charge is 0.390 e. The van der Waals surface area contributed by atoms with E-state index in [1.165, 1.54) is 6.33 Å². The summed E-state index contributed by atoms with van der Waals surface area (Å²) in [6.07, 6.45) is 5.26. The third-order valence-electron chi connectivity index (χ3n) is 4.14. The lowest BCUT2D eigenvalue weighted by Gasteiger charge is -2.14. The van der Waals surface area contributed by atoms with Gasteiger partial charge >= 0.3 is 0 Å². The maximum atomic E-state index is 10.1. The molecule has 2 atom stereocenters. The Kier molecular flexibility index (Phi) is 2.81. The van der Waals surface area contributed by atoms with Gasteiger partial charge in [-0.05, 0) is 23.3 Å². The van der Waals surface area contributed by atoms with E-state index in [1.54, 1.807) is 0 Å². The fourth-order valence-corrected chi connectivity index (χ4v) is 3.11. The molecular weight excluding hydrogens is 278 g/mol. The molecule has 0 saturated carbocycles. The van der Waals surface area contributed by atoms with E-state index >= 15 is 0 Å². The van der Waals surface area contributed by atoms with Gasteiger partial charge in [-0.3, -0.25) is 0 Å². The third kappa shape index (κ3) is 1.84. The molecular formula is C16H13N5O. The van der Waals surface area contributed by atoms with Crippen LogP contribution < -0.4 is 5.32 Å². The first-order chi connectivity index (χ1) is 10.8. The molecule has 1 aliphatic carbocycles. The topological polar surface area (TPSA) is 97.6 Å². The van der Waals surface area contributed by atoms with Gasteiger partial charge in [-0.2, -0.15) is 5.26 Å². The fourth-order valence-electron chi connectivity index (χ4n) is 3.11. The fraction of sp³-hybridized carbons (Fsp3) is 0.188. The Labute approximate surface area is 126 Å². The number of nitrogens with zero attached hydrogens (tertiary/aromatic N) is 3. The number of rotatable bonds is 2. The van der Waals surface area contributed by atoms with Gasteiger partial charge in [0.15, 0.2) is 6.19 Å². The summed E-state index contributed by atoms with van der Waals surface area (Å²) in [5.41, 5.74) is 4.59. The maximum absolute atomic E-state index is 10.1. The van der Waals surface area contributed by atoms with Crippen LogP contribution >= 0.6 is 0 Å². The van der Waals surface area contributed by atoms with Crippen LogP contribution in [0, 0.1) is 11.5 Å². The molecule has 0 aliphatic heterocycles. The molecule has 2 aromatic heterocycles. The minimum atomic E-state index is -0.581. The van der Waals surface area contributed by atoms with Crippen molar-refractivity contribution >= 4 is 11.0 Å². The molecule has 3 N–H and O–H groups in total. The summed E-state index contributed by atoms with van der Waals surface area (Å²) in [4.78, 5) is 11.7. The second-order valence-electron chi connectivity index (χ2n) is 5.38. The highest BCUT2D eigenvalue weighted by molar-refractivity contribution is 5.90. The minimum absolute atomic E-state index is 0.358. The van der Waals surface area contributed by atoms with E-state index in [0.717, 1.165) is 33.4 Å². The van der Waals surface area contributed by atoms with E-state index in [-0.39, 0.29) is 6.04 Å². The molecule has 0 amide bonds. The van der Waals surface area contributed by atoms with Crippen molar-refractivity contribution in [3.63, 3.8) is 0 Å². The second-order valence-corrected chi connectivity index (χ2v) is 5.38. The van der Waals surface area contributed by atoms with Gasteiger partial charge in [0.2, 0.25) is 0 Å². The van der Waals surface area contributed by atoms with Crippen molar-refractivity contribution in [3.05, 3.63) is 47.9 Å². The van der Waals surface area contributed by atoms with Gasteiger partial charge in [0, 0.05) is 23.6 Å². The molecule has 0 spiro atoms. The van der Waals surface area contributed by atoms with E-state index < -0.39 is 6.10 Å². The highest BCUT2D eigenvalue weighted by Crippen LogP contribution is 2.35. The monoisotopic (exact) mass is 291 g/mol. The van der Waals surface area contributed by atoms with E-state index in [0.29, 0.717) is 6.42 Å². The lowest BCUT2D eigenvalue weighted by Crippen LogP contribution is -2.24. The van der Waals surface area contributed by atoms with Gasteiger partial charge in [-0.15, -0.1) is 0 Å². The average Bonchev–Trinajstić information content (AvgIpc) is 3.12. The van der Waals surface area contributed by atoms with E-state index in [1.807, 2.05) is 36.7 Å². The Balaban J connectivity index is 1.86. The van der Waals surface area contributed by atoms with Crippen LogP contribution in [0.5, 0.6) is 0 Å². The van der Waals surface area contributed by atoms with Crippen LogP contribution in [0.4, 0.5) is 0 Å². The summed E-state index contributed by atoms with van der Waals surface area (Å²) in [5, 5.41) is 22.6. The van der Waals surface area contributed by atoms with Crippen molar-refractivity contribution in [2.24, 2.45) is 0 Å². The number of aliphatic hydroxyl groups is 1. The standard InChI is InChI=1S/C16H13N5O/c17-7-19-15-12-5-10(2-1-9(12)6-13(15)22)14-11-3-4-18-16(11)21-8-20-14/h1-5,8,13,15,19,22H,6H2,(H,18,20,21)/t13-,15-/m1/s1. The number of nitriles is 1. The summed E-state index contributed by atoms with van der Waals surface area (Å²) < 4.78 is 0. The van der Waals surface area contributed by atoms with Gasteiger partial charge in [-0.1, -0.05) is 12.1 Å². The summed E-state index contributed by atoms with van der Waals surface area (Å²) >= 11 is 0. The molecule has 1 aliphatic rings. The summed E-state index contributed by atoms with van der Waals surface area (Å²) in [7, 11) is 0. The lowest BCUT2D eigenvalue weighted by atomic mass is 10.0. The Morgan fingerprint density at radius 1 is 1.32 bits per heavy atom. The first-order valence-electron chi connectivity index (χ1n) is 7.02. The third-order valence-corrected chi connectivity index (χ3v) is 4.14. The predicted octanol–water partition coefficient (Wildman–Crippen LogP) is 1.65. The summed E-state index contributed by atoms with van der Waals surface area (Å²) in [5.74, 6) is 0. The first-order valence-corrected chi connectivity index (χ1v) is 7.02. The Morgan fingerprint density at radius 2 is 2.23 bits per heavy atom. The lowest BCUT2D eigenvalue weighted by molar-refractivity contribution is 0.149. The molecule has 108 valence electrons. The first kappa shape index (κ1) is 12.8. The normalized spacial score (nSPS) is 19.8. The molecule has 4 rings (SSSR count). The zero-order chi connectivity index (χ0) is 15.1. The Morgan fingerprint density at radius 3 is 3.09 bits per heavy atom. The average molecular weight is 291 g/mol. The van der Waals surface area contributed by atoms with E-state index in [4.69, 9.17) is 5.26 Å². The second kappa shape index (κ2) is 4.83. The van der Waals surface area contributed by atoms with E-state index in [2.05, 4.69) is 20.3 Å². The smallest absolute Gasteiger partial charge is 0.177 e. The molecule has 6 nitrogen and oxygen atoms in total. The SMILES string of the molecule is N#CN[C@@H]1c2cc(-c3ncnc4[nH]ccc34)ccc2C[C@H]1O. The predicted molar refractivity (Wildman–Crippen MR) is 80.5 cm³/mol. The zero-order valence-electron chi connectivity index (χ0n) is 11.6. The van der Waals surface area contributed by atoms with Crippen LogP contribution in [0.25, 0.3) is 22.3 Å². The van der Waals surface area contributed by atoms with Gasteiger partial charge in [-0.25, -0.2) is 9.97 Å². The van der Waals surface area contributed by atoms with Crippen molar-refractivity contribution in [2.75, 3.05) is 0 Å². The summed E-state index contributed by atoms with van der Waals surface area (Å²) in [6, 6.07) is 7.57. The van der Waals surface area contributed by atoms with Crippen molar-refractivity contribution in [3.8, 4) is 17.5 Å². The van der Waals surface area contributed by atoms with E-state index in [9.17, 15) is 5.11 Å². The number of benzene rings is 1. The number of aromatic nitrogens is 3. The maximum Gasteiger partial charge on any atom is 0.177 e. The molecule has 0 bridgehead atoms. The number of aliphatic hydroxyl groups excluding tert-OH is 1. The molecule has 0 saturated heterocycles. The zero-order valence-corrected chi connectivity index (χ0v) is 11.6. The van der Waals surface area contributed by atoms with Crippen LogP contribution in [0.1, 0.15) is 17.2 Å². The molecule has 3 aromatic rings. The number of H-pyrrole nitrogens is 1. The Hall–Kier alpha value is -2.91. The van der Waals surface area contributed by atoms with Crippen molar-refractivity contribution < 1.29 is 5.11 Å². The van der Waals surface area contributed by atoms with Crippen LogP contribution in [0.15, 0.2) is 36.8 Å². The van der Waals surface area contributed by atoms with Crippen molar-refractivity contribution in [2.45, 2.75) is 18.6 Å². The van der Waals surface area contributed by atoms with Crippen molar-refractivity contribution in [1.29, 1.82) is 5.26 Å². The molecule has 2 heterocycles. The molecule has 0 unspecified atom stereocenters. The molecule has 0 fully saturated rings. The number of nitrogens with one attached hydrogen (secondary N) is 2. The molecule has 6 heteroatoms. The minimum Gasteiger partial charge on any atom is -0.390 e. The number of hydrogen-bond donors (Lipinski definition) is 3. The van der Waals surface area contributed by atoms with Crippen LogP contribution in [-0.2, 0) is 6.42 Å². The van der Waals surface area contributed by atoms with Crippen molar-refractivity contribution in [1.82, 2.24) is 20.3 Å². The number of hydrogen-bond acceptors (Lipinski definition) is 5.